The smallest absolute Gasteiger partial charge is 0.269 e. The van der Waals surface area contributed by atoms with Crippen LogP contribution >= 0.6 is 11.8 Å². The molecule has 0 atom stereocenters. The summed E-state index contributed by atoms with van der Waals surface area (Å²) in [6, 6.07) is 14.1. The summed E-state index contributed by atoms with van der Waals surface area (Å²) in [5.74, 6) is 0.660. The maximum atomic E-state index is 11.8. The first-order valence-corrected chi connectivity index (χ1v) is 9.01. The summed E-state index contributed by atoms with van der Waals surface area (Å²) in [4.78, 5) is 23.9. The van der Waals surface area contributed by atoms with Crippen LogP contribution in [0.5, 0.6) is 0 Å². The number of carbonyl (C=O) groups is 1. The van der Waals surface area contributed by atoms with Crippen molar-refractivity contribution in [1.82, 2.24) is 5.43 Å². The van der Waals surface area contributed by atoms with Gasteiger partial charge in [-0.2, -0.15) is 5.10 Å². The lowest BCUT2D eigenvalue weighted by molar-refractivity contribution is -0.384. The first-order chi connectivity index (χ1) is 12.5. The van der Waals surface area contributed by atoms with E-state index in [2.05, 4.69) is 10.5 Å². The second kappa shape index (κ2) is 9.57. The van der Waals surface area contributed by atoms with Gasteiger partial charge in [-0.05, 0) is 23.3 Å². The number of non-ortho nitro benzene ring substituents is 1. The topological polar surface area (TPSA) is 87.8 Å². The minimum atomic E-state index is -0.434. The molecule has 0 bridgehead atoms. The molecule has 0 saturated carbocycles. The summed E-state index contributed by atoms with van der Waals surface area (Å²) in [6.07, 6.45) is 1.60. The highest BCUT2D eigenvalue weighted by molar-refractivity contribution is 7.99. The summed E-state index contributed by atoms with van der Waals surface area (Å²) in [5.41, 5.74) is 5.47. The standard InChI is InChI=1S/C18H20N4O3S/c1-21(2)16-7-3-14(4-8-16)11-19-20-18(23)13-26-12-15-5-9-17(10-6-15)22(24)25/h3-11H,12-13H2,1-2H3,(H,20,23)/b19-11+. The van der Waals surface area contributed by atoms with Crippen LogP contribution in [0.2, 0.25) is 0 Å². The van der Waals surface area contributed by atoms with Gasteiger partial charge in [0.1, 0.15) is 0 Å². The quantitative estimate of drug-likeness (QED) is 0.437. The molecule has 0 aliphatic carbocycles. The van der Waals surface area contributed by atoms with Gasteiger partial charge in [-0.25, -0.2) is 5.43 Å². The molecule has 1 amide bonds. The Morgan fingerprint density at radius 1 is 1.19 bits per heavy atom. The number of nitro groups is 1. The molecule has 0 fully saturated rings. The Balaban J connectivity index is 1.72. The van der Waals surface area contributed by atoms with Gasteiger partial charge in [-0.1, -0.05) is 24.3 Å². The molecule has 0 spiro atoms. The number of rotatable bonds is 8. The Labute approximate surface area is 156 Å². The molecule has 7 nitrogen and oxygen atoms in total. The van der Waals surface area contributed by atoms with E-state index in [1.54, 1.807) is 18.3 Å². The molecule has 0 saturated heterocycles. The zero-order valence-corrected chi connectivity index (χ0v) is 15.4. The largest absolute Gasteiger partial charge is 0.378 e. The van der Waals surface area contributed by atoms with Crippen LogP contribution in [-0.4, -0.2) is 36.9 Å². The minimum absolute atomic E-state index is 0.0597. The van der Waals surface area contributed by atoms with Crippen LogP contribution in [0.4, 0.5) is 11.4 Å². The Hall–Kier alpha value is -2.87. The van der Waals surface area contributed by atoms with Gasteiger partial charge in [-0.15, -0.1) is 11.8 Å². The molecular weight excluding hydrogens is 352 g/mol. The number of carbonyl (C=O) groups excluding carboxylic acids is 1. The fraction of sp³-hybridized carbons (Fsp3) is 0.222. The Kier molecular flexibility index (Phi) is 7.16. The molecule has 0 unspecified atom stereocenters. The van der Waals surface area contributed by atoms with E-state index in [0.717, 1.165) is 16.8 Å². The number of anilines is 1. The van der Waals surface area contributed by atoms with Gasteiger partial charge < -0.3 is 4.90 Å². The molecule has 0 aromatic heterocycles. The molecule has 1 N–H and O–H groups in total. The van der Waals surface area contributed by atoms with Crippen LogP contribution in [0.3, 0.4) is 0 Å². The van der Waals surface area contributed by atoms with Gasteiger partial charge in [0, 0.05) is 37.7 Å². The van der Waals surface area contributed by atoms with E-state index < -0.39 is 4.92 Å². The van der Waals surface area contributed by atoms with Crippen LogP contribution in [0.15, 0.2) is 53.6 Å². The number of hydrazone groups is 1. The summed E-state index contributed by atoms with van der Waals surface area (Å²) in [7, 11) is 3.94. The number of benzene rings is 2. The third-order valence-corrected chi connectivity index (χ3v) is 4.47. The van der Waals surface area contributed by atoms with Gasteiger partial charge in [0.15, 0.2) is 0 Å². The average molecular weight is 372 g/mol. The molecule has 2 rings (SSSR count). The predicted octanol–water partition coefficient (Wildman–Crippen LogP) is 3.04. The SMILES string of the molecule is CN(C)c1ccc(/C=N/NC(=O)CSCc2ccc([N+](=O)[O-])cc2)cc1. The third-order valence-electron chi connectivity index (χ3n) is 3.46. The van der Waals surface area contributed by atoms with Gasteiger partial charge in [0.25, 0.3) is 5.69 Å². The van der Waals surface area contributed by atoms with Crippen LogP contribution < -0.4 is 10.3 Å². The molecule has 26 heavy (non-hydrogen) atoms. The van der Waals surface area contributed by atoms with Crippen LogP contribution in [0.1, 0.15) is 11.1 Å². The van der Waals surface area contributed by atoms with Crippen molar-refractivity contribution in [3.05, 3.63) is 69.8 Å². The number of nitrogens with one attached hydrogen (secondary N) is 1. The number of hydrogen-bond acceptors (Lipinski definition) is 6. The number of amides is 1. The number of hydrogen-bond donors (Lipinski definition) is 1. The molecule has 8 heteroatoms. The van der Waals surface area contributed by atoms with Gasteiger partial charge in [0.05, 0.1) is 16.9 Å². The minimum Gasteiger partial charge on any atom is -0.378 e. The van der Waals surface area contributed by atoms with Gasteiger partial charge in [-0.3, -0.25) is 14.9 Å². The second-order valence-corrected chi connectivity index (χ2v) is 6.68. The van der Waals surface area contributed by atoms with E-state index in [9.17, 15) is 14.9 Å². The van der Waals surface area contributed by atoms with Crippen LogP contribution in [0, 0.1) is 10.1 Å². The van der Waals surface area contributed by atoms with E-state index in [1.807, 2.05) is 43.3 Å². The van der Waals surface area contributed by atoms with Gasteiger partial charge in [0.2, 0.25) is 5.91 Å². The van der Waals surface area contributed by atoms with Crippen molar-refractivity contribution in [2.24, 2.45) is 5.10 Å². The lowest BCUT2D eigenvalue weighted by atomic mass is 10.2. The average Bonchev–Trinajstić information content (AvgIpc) is 2.62. The molecule has 2 aromatic rings. The molecule has 0 heterocycles. The van der Waals surface area contributed by atoms with Crippen molar-refractivity contribution in [1.29, 1.82) is 0 Å². The Morgan fingerprint density at radius 3 is 2.42 bits per heavy atom. The first kappa shape index (κ1) is 19.5. The van der Waals surface area contributed by atoms with E-state index >= 15 is 0 Å². The monoisotopic (exact) mass is 372 g/mol. The maximum Gasteiger partial charge on any atom is 0.269 e. The number of nitrogens with zero attached hydrogens (tertiary/aromatic N) is 3. The molecular formula is C18H20N4O3S. The third kappa shape index (κ3) is 6.21. The van der Waals surface area contributed by atoms with Crippen molar-refractivity contribution in [2.45, 2.75) is 5.75 Å². The van der Waals surface area contributed by atoms with Crippen molar-refractivity contribution in [3.63, 3.8) is 0 Å². The van der Waals surface area contributed by atoms with Crippen molar-refractivity contribution >= 4 is 35.3 Å². The summed E-state index contributed by atoms with van der Waals surface area (Å²) >= 11 is 1.42. The highest BCUT2D eigenvalue weighted by atomic mass is 32.2. The summed E-state index contributed by atoms with van der Waals surface area (Å²) in [5, 5.41) is 14.5. The number of thioether (sulfide) groups is 1. The van der Waals surface area contributed by atoms with Crippen LogP contribution in [-0.2, 0) is 10.5 Å². The normalized spacial score (nSPS) is 10.7. The van der Waals surface area contributed by atoms with Crippen LogP contribution in [0.25, 0.3) is 0 Å². The Bertz CT molecular complexity index is 774. The van der Waals surface area contributed by atoms with E-state index in [4.69, 9.17) is 0 Å². The summed E-state index contributed by atoms with van der Waals surface area (Å²) < 4.78 is 0. The maximum absolute atomic E-state index is 11.8. The lowest BCUT2D eigenvalue weighted by Crippen LogP contribution is -2.19. The fourth-order valence-electron chi connectivity index (χ4n) is 2.05. The molecule has 2 aromatic carbocycles. The molecule has 136 valence electrons. The highest BCUT2D eigenvalue weighted by Gasteiger charge is 2.05. The van der Waals surface area contributed by atoms with E-state index in [-0.39, 0.29) is 17.3 Å². The lowest BCUT2D eigenvalue weighted by Gasteiger charge is -2.11. The van der Waals surface area contributed by atoms with E-state index in [1.165, 1.54) is 23.9 Å². The van der Waals surface area contributed by atoms with Gasteiger partial charge >= 0.3 is 0 Å². The Morgan fingerprint density at radius 2 is 1.85 bits per heavy atom. The zero-order chi connectivity index (χ0) is 18.9. The fourth-order valence-corrected chi connectivity index (χ4v) is 2.83. The first-order valence-electron chi connectivity index (χ1n) is 7.86. The highest BCUT2D eigenvalue weighted by Crippen LogP contribution is 2.16. The zero-order valence-electron chi connectivity index (χ0n) is 14.6. The van der Waals surface area contributed by atoms with E-state index in [0.29, 0.717) is 5.75 Å². The number of nitro benzene ring substituents is 1. The molecule has 0 radical (unpaired) electrons. The summed E-state index contributed by atoms with van der Waals surface area (Å²) in [6.45, 7) is 0. The molecule has 0 aliphatic heterocycles. The van der Waals surface area contributed by atoms with Crippen molar-refractivity contribution < 1.29 is 9.72 Å². The van der Waals surface area contributed by atoms with Crippen molar-refractivity contribution in [3.8, 4) is 0 Å². The molecule has 0 aliphatic rings. The predicted molar refractivity (Wildman–Crippen MR) is 106 cm³/mol. The second-order valence-electron chi connectivity index (χ2n) is 5.70. The van der Waals surface area contributed by atoms with Crippen molar-refractivity contribution in [2.75, 3.05) is 24.7 Å².